The first kappa shape index (κ1) is 9.01. The molecule has 0 atom stereocenters. The van der Waals surface area contributed by atoms with E-state index < -0.39 is 0 Å². The van der Waals surface area contributed by atoms with E-state index in [1.54, 1.807) is 0 Å². The van der Waals surface area contributed by atoms with Gasteiger partial charge in [0.05, 0.1) is 0 Å². The highest BCUT2D eigenvalue weighted by molar-refractivity contribution is 9.09. The third kappa shape index (κ3) is 2.80. The van der Waals surface area contributed by atoms with Gasteiger partial charge in [0, 0.05) is 15.1 Å². The topological polar surface area (TPSA) is 0 Å². The lowest BCUT2D eigenvalue weighted by molar-refractivity contribution is 1.46. The standard InChI is InChI=1S/C9H11BrS/c1-7(6-10)5-9-4-3-8(2)11-9/h3-5H,6H2,1-2H3. The van der Waals surface area contributed by atoms with Gasteiger partial charge >= 0.3 is 0 Å². The zero-order chi connectivity index (χ0) is 8.27. The van der Waals surface area contributed by atoms with E-state index in [9.17, 15) is 0 Å². The third-order valence-corrected chi connectivity index (χ3v) is 3.19. The van der Waals surface area contributed by atoms with Crippen molar-refractivity contribution in [2.75, 3.05) is 5.33 Å². The highest BCUT2D eigenvalue weighted by Crippen LogP contribution is 2.18. The van der Waals surface area contributed by atoms with Crippen molar-refractivity contribution in [3.8, 4) is 0 Å². The minimum Gasteiger partial charge on any atom is -0.141 e. The summed E-state index contributed by atoms with van der Waals surface area (Å²) in [5.41, 5.74) is 1.37. The Morgan fingerprint density at radius 3 is 2.82 bits per heavy atom. The fourth-order valence-electron chi connectivity index (χ4n) is 0.812. The Hall–Kier alpha value is -0.0800. The molecule has 0 fully saturated rings. The molecule has 0 aliphatic heterocycles. The second-order valence-electron chi connectivity index (χ2n) is 2.57. The Bertz CT molecular complexity index is 260. The number of alkyl halides is 1. The summed E-state index contributed by atoms with van der Waals surface area (Å²) in [7, 11) is 0. The van der Waals surface area contributed by atoms with Crippen molar-refractivity contribution in [3.05, 3.63) is 27.5 Å². The summed E-state index contributed by atoms with van der Waals surface area (Å²) in [6, 6.07) is 4.31. The lowest BCUT2D eigenvalue weighted by atomic mass is 10.3. The third-order valence-electron chi connectivity index (χ3n) is 1.36. The summed E-state index contributed by atoms with van der Waals surface area (Å²) >= 11 is 5.25. The van der Waals surface area contributed by atoms with Gasteiger partial charge in [-0.15, -0.1) is 11.3 Å². The van der Waals surface area contributed by atoms with E-state index in [4.69, 9.17) is 0 Å². The Labute approximate surface area is 80.1 Å². The van der Waals surface area contributed by atoms with Gasteiger partial charge in [0.2, 0.25) is 0 Å². The van der Waals surface area contributed by atoms with E-state index in [2.05, 4.69) is 48.0 Å². The highest BCUT2D eigenvalue weighted by atomic mass is 79.9. The molecule has 0 unspecified atom stereocenters. The van der Waals surface area contributed by atoms with Crippen LogP contribution in [0.2, 0.25) is 0 Å². The SMILES string of the molecule is CC(=Cc1ccc(C)s1)CBr. The average molecular weight is 231 g/mol. The molecule has 0 nitrogen and oxygen atoms in total. The second kappa shape index (κ2) is 4.07. The molecule has 0 saturated heterocycles. The maximum Gasteiger partial charge on any atom is 0.0272 e. The number of allylic oxidation sites excluding steroid dienone is 1. The number of hydrogen-bond acceptors (Lipinski definition) is 1. The van der Waals surface area contributed by atoms with Crippen LogP contribution >= 0.6 is 27.3 Å². The number of rotatable bonds is 2. The zero-order valence-electron chi connectivity index (χ0n) is 6.73. The van der Waals surface area contributed by atoms with Crippen LogP contribution in [0.3, 0.4) is 0 Å². The van der Waals surface area contributed by atoms with Gasteiger partial charge in [-0.3, -0.25) is 0 Å². The predicted molar refractivity (Wildman–Crippen MR) is 56.5 cm³/mol. The first-order chi connectivity index (χ1) is 5.22. The molecule has 0 spiro atoms. The zero-order valence-corrected chi connectivity index (χ0v) is 9.13. The fourth-order valence-corrected chi connectivity index (χ4v) is 1.88. The van der Waals surface area contributed by atoms with Gasteiger partial charge in [-0.2, -0.15) is 0 Å². The molecule has 0 bridgehead atoms. The van der Waals surface area contributed by atoms with Gasteiger partial charge in [-0.25, -0.2) is 0 Å². The van der Waals surface area contributed by atoms with E-state index in [1.165, 1.54) is 15.3 Å². The maximum atomic E-state index is 3.42. The number of hydrogen-bond donors (Lipinski definition) is 0. The summed E-state index contributed by atoms with van der Waals surface area (Å²) in [5, 5.41) is 0.962. The van der Waals surface area contributed by atoms with Crippen LogP contribution in [0.25, 0.3) is 6.08 Å². The Morgan fingerprint density at radius 2 is 2.36 bits per heavy atom. The fraction of sp³-hybridized carbons (Fsp3) is 0.333. The van der Waals surface area contributed by atoms with E-state index >= 15 is 0 Å². The molecule has 1 aromatic heterocycles. The summed E-state index contributed by atoms with van der Waals surface area (Å²) in [5.74, 6) is 0. The molecule has 1 aromatic rings. The maximum absolute atomic E-state index is 3.42. The van der Waals surface area contributed by atoms with Gasteiger partial charge in [0.25, 0.3) is 0 Å². The van der Waals surface area contributed by atoms with Gasteiger partial charge < -0.3 is 0 Å². The molecule has 1 rings (SSSR count). The quantitative estimate of drug-likeness (QED) is 0.678. The van der Waals surface area contributed by atoms with Crippen LogP contribution in [0.4, 0.5) is 0 Å². The van der Waals surface area contributed by atoms with Crippen LogP contribution in [0.1, 0.15) is 16.7 Å². The number of aryl methyl sites for hydroxylation is 1. The molecule has 11 heavy (non-hydrogen) atoms. The van der Waals surface area contributed by atoms with Gasteiger partial charge in [-0.05, 0) is 32.1 Å². The van der Waals surface area contributed by atoms with Gasteiger partial charge in [0.1, 0.15) is 0 Å². The molecule has 0 aromatic carbocycles. The second-order valence-corrected chi connectivity index (χ2v) is 4.45. The van der Waals surface area contributed by atoms with Crippen molar-refractivity contribution >= 4 is 33.3 Å². The number of thiophene rings is 1. The Kier molecular flexibility index (Phi) is 3.34. The minimum absolute atomic E-state index is 0.962. The van der Waals surface area contributed by atoms with Crippen LogP contribution in [0, 0.1) is 6.92 Å². The van der Waals surface area contributed by atoms with Crippen molar-refractivity contribution in [1.29, 1.82) is 0 Å². The summed E-state index contributed by atoms with van der Waals surface area (Å²) < 4.78 is 0. The monoisotopic (exact) mass is 230 g/mol. The predicted octanol–water partition coefficient (Wildman–Crippen LogP) is 3.85. The molecule has 60 valence electrons. The van der Waals surface area contributed by atoms with Gasteiger partial charge in [-0.1, -0.05) is 21.5 Å². The highest BCUT2D eigenvalue weighted by Gasteiger charge is 1.92. The van der Waals surface area contributed by atoms with Crippen LogP contribution in [-0.4, -0.2) is 5.33 Å². The van der Waals surface area contributed by atoms with Crippen LogP contribution in [-0.2, 0) is 0 Å². The Balaban J connectivity index is 2.78. The summed E-state index contributed by atoms with van der Waals surface area (Å²) in [6.45, 7) is 4.26. The van der Waals surface area contributed by atoms with Crippen LogP contribution in [0.15, 0.2) is 17.7 Å². The van der Waals surface area contributed by atoms with Crippen molar-refractivity contribution < 1.29 is 0 Å². The first-order valence-corrected chi connectivity index (χ1v) is 5.46. The molecular formula is C9H11BrS. The molecule has 0 N–H and O–H groups in total. The van der Waals surface area contributed by atoms with Crippen molar-refractivity contribution in [3.63, 3.8) is 0 Å². The molecule has 0 aliphatic rings. The summed E-state index contributed by atoms with van der Waals surface area (Å²) in [6.07, 6.45) is 2.21. The lowest BCUT2D eigenvalue weighted by Crippen LogP contribution is -1.72. The molecule has 0 amide bonds. The minimum atomic E-state index is 0.962. The normalized spacial score (nSPS) is 12.1. The van der Waals surface area contributed by atoms with Crippen LogP contribution in [0.5, 0.6) is 0 Å². The molecule has 0 radical (unpaired) electrons. The van der Waals surface area contributed by atoms with E-state index in [0.29, 0.717) is 0 Å². The average Bonchev–Trinajstić information content (AvgIpc) is 2.35. The Morgan fingerprint density at radius 1 is 1.64 bits per heavy atom. The van der Waals surface area contributed by atoms with Crippen molar-refractivity contribution in [2.24, 2.45) is 0 Å². The molecule has 2 heteroatoms. The molecule has 1 heterocycles. The van der Waals surface area contributed by atoms with Gasteiger partial charge in [0.15, 0.2) is 0 Å². The molecular weight excluding hydrogens is 220 g/mol. The van der Waals surface area contributed by atoms with Crippen molar-refractivity contribution in [1.82, 2.24) is 0 Å². The molecule has 0 saturated carbocycles. The van der Waals surface area contributed by atoms with Crippen molar-refractivity contribution in [2.45, 2.75) is 13.8 Å². The smallest absolute Gasteiger partial charge is 0.0272 e. The van der Waals surface area contributed by atoms with Crippen LogP contribution < -0.4 is 0 Å². The largest absolute Gasteiger partial charge is 0.141 e. The van der Waals surface area contributed by atoms with E-state index in [-0.39, 0.29) is 0 Å². The van der Waals surface area contributed by atoms with E-state index in [1.807, 2.05) is 11.3 Å². The lowest BCUT2D eigenvalue weighted by Gasteiger charge is -1.90. The number of halogens is 1. The van der Waals surface area contributed by atoms with E-state index in [0.717, 1.165) is 5.33 Å². The summed E-state index contributed by atoms with van der Waals surface area (Å²) in [4.78, 5) is 2.72. The molecule has 0 aliphatic carbocycles. The first-order valence-electron chi connectivity index (χ1n) is 3.52.